The van der Waals surface area contributed by atoms with Gasteiger partial charge in [-0.2, -0.15) is 0 Å². The van der Waals surface area contributed by atoms with Crippen LogP contribution >= 0.6 is 11.6 Å². The number of anilines is 2. The molecule has 2 rings (SSSR count). The number of benzene rings is 1. The lowest BCUT2D eigenvalue weighted by molar-refractivity contribution is 0.459. The first-order valence-electron chi connectivity index (χ1n) is 5.98. The molecule has 8 heteroatoms. The minimum absolute atomic E-state index is 0.0188. The molecule has 3 nitrogen and oxygen atoms in total. The number of nitrogens with zero attached hydrogens (tertiary/aromatic N) is 2. The Balaban J connectivity index is 2.55. The van der Waals surface area contributed by atoms with Crippen LogP contribution in [0.5, 0.6) is 0 Å². The summed E-state index contributed by atoms with van der Waals surface area (Å²) in [6, 6.07) is 0.132. The maximum atomic E-state index is 13.6. The van der Waals surface area contributed by atoms with Crippen LogP contribution in [0.3, 0.4) is 0 Å². The Kier molecular flexibility index (Phi) is 4.32. The van der Waals surface area contributed by atoms with E-state index in [1.165, 1.54) is 6.92 Å². The number of aryl methyl sites for hydroxylation is 1. The second-order valence-electron chi connectivity index (χ2n) is 4.23. The molecule has 1 N–H and O–H groups in total. The summed E-state index contributed by atoms with van der Waals surface area (Å²) in [5.41, 5.74) is -0.662. The van der Waals surface area contributed by atoms with E-state index in [4.69, 9.17) is 11.6 Å². The van der Waals surface area contributed by atoms with Crippen molar-refractivity contribution in [2.75, 3.05) is 5.32 Å². The highest BCUT2D eigenvalue weighted by molar-refractivity contribution is 6.30. The van der Waals surface area contributed by atoms with Crippen LogP contribution in [-0.4, -0.2) is 9.97 Å². The van der Waals surface area contributed by atoms with Crippen LogP contribution in [0.1, 0.15) is 18.3 Å². The molecule has 1 aromatic heterocycles. The third-order valence-electron chi connectivity index (χ3n) is 2.80. The Bertz CT molecular complexity index is 680. The highest BCUT2D eigenvalue weighted by Crippen LogP contribution is 2.29. The second kappa shape index (κ2) is 5.85. The largest absolute Gasteiger partial charge is 0.335 e. The fourth-order valence-electron chi connectivity index (χ4n) is 1.61. The molecule has 2 aromatic rings. The molecule has 0 saturated heterocycles. The summed E-state index contributed by atoms with van der Waals surface area (Å²) in [7, 11) is 0. The third kappa shape index (κ3) is 2.92. The fourth-order valence-corrected chi connectivity index (χ4v) is 1.80. The van der Waals surface area contributed by atoms with Crippen molar-refractivity contribution in [2.45, 2.75) is 20.3 Å². The summed E-state index contributed by atoms with van der Waals surface area (Å²) >= 11 is 5.88. The molecule has 0 unspecified atom stereocenters. The first-order chi connectivity index (χ1) is 9.85. The van der Waals surface area contributed by atoms with Crippen molar-refractivity contribution in [3.63, 3.8) is 0 Å². The highest BCUT2D eigenvalue weighted by atomic mass is 35.5. The molecular formula is C13H10ClF4N3. The summed E-state index contributed by atoms with van der Waals surface area (Å²) < 4.78 is 53.6. The number of aromatic nitrogens is 2. The average molecular weight is 320 g/mol. The van der Waals surface area contributed by atoms with Gasteiger partial charge in [-0.3, -0.25) is 0 Å². The molecule has 0 bridgehead atoms. The zero-order chi connectivity index (χ0) is 15.7. The van der Waals surface area contributed by atoms with E-state index in [9.17, 15) is 17.6 Å². The number of rotatable bonds is 3. The van der Waals surface area contributed by atoms with Crippen molar-refractivity contribution >= 4 is 23.1 Å². The van der Waals surface area contributed by atoms with Crippen molar-refractivity contribution in [1.82, 2.24) is 9.97 Å². The Labute approximate surface area is 123 Å². The topological polar surface area (TPSA) is 37.8 Å². The number of hydrogen-bond acceptors (Lipinski definition) is 3. The lowest BCUT2D eigenvalue weighted by Gasteiger charge is -2.13. The van der Waals surface area contributed by atoms with E-state index in [0.29, 0.717) is 17.8 Å². The first-order valence-corrected chi connectivity index (χ1v) is 6.36. The van der Waals surface area contributed by atoms with Gasteiger partial charge in [0.1, 0.15) is 22.5 Å². The van der Waals surface area contributed by atoms with E-state index in [1.54, 1.807) is 6.92 Å². The van der Waals surface area contributed by atoms with E-state index in [2.05, 4.69) is 15.3 Å². The normalized spacial score (nSPS) is 10.8. The van der Waals surface area contributed by atoms with E-state index in [1.807, 2.05) is 0 Å². The van der Waals surface area contributed by atoms with Crippen LogP contribution in [-0.2, 0) is 6.42 Å². The van der Waals surface area contributed by atoms with Gasteiger partial charge in [-0.05, 0) is 6.92 Å². The molecule has 0 atom stereocenters. The Morgan fingerprint density at radius 2 is 1.67 bits per heavy atom. The molecule has 1 heterocycles. The molecule has 0 aliphatic carbocycles. The lowest BCUT2D eigenvalue weighted by Crippen LogP contribution is -2.07. The van der Waals surface area contributed by atoms with E-state index in [-0.39, 0.29) is 17.0 Å². The van der Waals surface area contributed by atoms with Crippen LogP contribution < -0.4 is 5.32 Å². The summed E-state index contributed by atoms with van der Waals surface area (Å²) in [6.07, 6.45) is 0.428. The van der Waals surface area contributed by atoms with Gasteiger partial charge in [-0.25, -0.2) is 27.5 Å². The zero-order valence-corrected chi connectivity index (χ0v) is 11.8. The minimum Gasteiger partial charge on any atom is -0.335 e. The van der Waals surface area contributed by atoms with Crippen LogP contribution in [0, 0.1) is 30.2 Å². The van der Waals surface area contributed by atoms with Crippen LogP contribution in [0.15, 0.2) is 6.07 Å². The van der Waals surface area contributed by atoms with Gasteiger partial charge in [0.15, 0.2) is 23.3 Å². The molecular weight excluding hydrogens is 310 g/mol. The van der Waals surface area contributed by atoms with Gasteiger partial charge in [0, 0.05) is 18.1 Å². The highest BCUT2D eigenvalue weighted by Gasteiger charge is 2.21. The van der Waals surface area contributed by atoms with Gasteiger partial charge in [-0.1, -0.05) is 18.5 Å². The first kappa shape index (κ1) is 15.5. The van der Waals surface area contributed by atoms with Crippen LogP contribution in [0.25, 0.3) is 0 Å². The molecule has 0 spiro atoms. The van der Waals surface area contributed by atoms with Crippen molar-refractivity contribution in [2.24, 2.45) is 0 Å². The molecule has 0 aliphatic heterocycles. The van der Waals surface area contributed by atoms with E-state index in [0.717, 1.165) is 0 Å². The van der Waals surface area contributed by atoms with Crippen molar-refractivity contribution in [3.05, 3.63) is 45.9 Å². The predicted octanol–water partition coefficient (Wildman–Crippen LogP) is 4.30. The molecule has 0 radical (unpaired) electrons. The SMILES string of the molecule is CCc1nc(Cl)c(C)c(Nc2c(F)c(F)cc(F)c2F)n1. The molecule has 1 aromatic carbocycles. The van der Waals surface area contributed by atoms with Gasteiger partial charge in [0.05, 0.1) is 0 Å². The van der Waals surface area contributed by atoms with Gasteiger partial charge in [0.25, 0.3) is 0 Å². The van der Waals surface area contributed by atoms with Gasteiger partial charge in [0.2, 0.25) is 0 Å². The van der Waals surface area contributed by atoms with Gasteiger partial charge < -0.3 is 5.32 Å². The summed E-state index contributed by atoms with van der Waals surface area (Å²) in [4.78, 5) is 7.96. The number of hydrogen-bond donors (Lipinski definition) is 1. The van der Waals surface area contributed by atoms with Gasteiger partial charge in [-0.15, -0.1) is 0 Å². The average Bonchev–Trinajstić information content (AvgIpc) is 2.45. The molecule has 0 saturated carbocycles. The molecule has 21 heavy (non-hydrogen) atoms. The van der Waals surface area contributed by atoms with E-state index >= 15 is 0 Å². The van der Waals surface area contributed by atoms with Crippen molar-refractivity contribution in [3.8, 4) is 0 Å². The summed E-state index contributed by atoms with van der Waals surface area (Å²) in [5.74, 6) is -5.79. The number of halogens is 5. The van der Waals surface area contributed by atoms with Crippen LogP contribution in [0.4, 0.5) is 29.1 Å². The fraction of sp³-hybridized carbons (Fsp3) is 0.231. The van der Waals surface area contributed by atoms with Crippen LogP contribution in [0.2, 0.25) is 5.15 Å². The molecule has 0 fully saturated rings. The maximum absolute atomic E-state index is 13.6. The number of nitrogens with one attached hydrogen (secondary N) is 1. The molecule has 112 valence electrons. The maximum Gasteiger partial charge on any atom is 0.185 e. The van der Waals surface area contributed by atoms with E-state index < -0.39 is 29.0 Å². The third-order valence-corrected chi connectivity index (χ3v) is 3.17. The smallest absolute Gasteiger partial charge is 0.185 e. The molecule has 0 amide bonds. The summed E-state index contributed by atoms with van der Waals surface area (Å²) in [5, 5.41) is 2.33. The van der Waals surface area contributed by atoms with Gasteiger partial charge >= 0.3 is 0 Å². The Morgan fingerprint density at radius 3 is 2.19 bits per heavy atom. The Morgan fingerprint density at radius 1 is 1.10 bits per heavy atom. The van der Waals surface area contributed by atoms with Crippen molar-refractivity contribution < 1.29 is 17.6 Å². The predicted molar refractivity (Wildman–Crippen MR) is 70.7 cm³/mol. The standard InChI is InChI=1S/C13H10ClF4N3/c1-3-8-19-12(14)5(2)13(20-8)21-11-9(17)6(15)4-7(16)10(11)18/h4H,3H2,1-2H3,(H,19,20,21). The summed E-state index contributed by atoms with van der Waals surface area (Å²) in [6.45, 7) is 3.27. The second-order valence-corrected chi connectivity index (χ2v) is 4.58. The quantitative estimate of drug-likeness (QED) is 0.520. The zero-order valence-electron chi connectivity index (χ0n) is 11.1. The lowest BCUT2D eigenvalue weighted by atomic mass is 10.2. The monoisotopic (exact) mass is 319 g/mol. The van der Waals surface area contributed by atoms with Crippen molar-refractivity contribution in [1.29, 1.82) is 0 Å². The molecule has 0 aliphatic rings. The minimum atomic E-state index is -1.54. The Hall–Kier alpha value is -1.89.